The molecule has 0 radical (unpaired) electrons. The van der Waals surface area contributed by atoms with E-state index in [0.717, 1.165) is 0 Å². The monoisotopic (exact) mass is 310 g/mol. The maximum Gasteiger partial charge on any atom is 0.240 e. The Morgan fingerprint density at radius 2 is 2.00 bits per heavy atom. The first kappa shape index (κ1) is 17.8. The number of nitrogens with one attached hydrogen (secondary N) is 1. The van der Waals surface area contributed by atoms with Crippen LogP contribution < -0.4 is 15.2 Å². The van der Waals surface area contributed by atoms with Gasteiger partial charge in [0.1, 0.15) is 12.4 Å². The molecule has 0 amide bonds. The summed E-state index contributed by atoms with van der Waals surface area (Å²) in [5.41, 5.74) is 5.59. The summed E-state index contributed by atoms with van der Waals surface area (Å²) in [5, 5.41) is 0. The molecule has 0 fully saturated rings. The van der Waals surface area contributed by atoms with Crippen LogP contribution in [0.15, 0.2) is 41.1 Å². The van der Waals surface area contributed by atoms with Crippen LogP contribution in [0.1, 0.15) is 0 Å². The van der Waals surface area contributed by atoms with E-state index >= 15 is 0 Å². The molecule has 0 saturated carbocycles. The van der Waals surface area contributed by atoms with Gasteiger partial charge in [0.05, 0.1) is 11.2 Å². The second-order valence-corrected chi connectivity index (χ2v) is 5.33. The van der Waals surface area contributed by atoms with Crippen LogP contribution >= 0.6 is 12.4 Å². The van der Waals surface area contributed by atoms with E-state index in [4.69, 9.17) is 10.5 Å². The maximum atomic E-state index is 12.2. The van der Waals surface area contributed by atoms with Crippen molar-refractivity contribution in [1.82, 2.24) is 4.72 Å². The van der Waals surface area contributed by atoms with Crippen LogP contribution in [0.5, 0.6) is 5.75 Å². The largest absolute Gasteiger partial charge is 0.489 e. The van der Waals surface area contributed by atoms with Crippen LogP contribution in [-0.4, -0.2) is 28.6 Å². The minimum atomic E-state index is -3.45. The van der Waals surface area contributed by atoms with Crippen molar-refractivity contribution in [3.05, 3.63) is 36.2 Å². The molecule has 0 heterocycles. The third-order valence-electron chi connectivity index (χ3n) is 2.24. The first-order chi connectivity index (χ1) is 8.53. The molecule has 19 heavy (non-hydrogen) atoms. The zero-order valence-corrected chi connectivity index (χ0v) is 11.9. The molecule has 0 aliphatic rings. The summed E-state index contributed by atoms with van der Waals surface area (Å²) < 4.78 is 42.6. The lowest BCUT2D eigenvalue weighted by Crippen LogP contribution is -2.18. The van der Waals surface area contributed by atoms with Crippen LogP contribution in [0, 0.1) is 0 Å². The summed E-state index contributed by atoms with van der Waals surface area (Å²) >= 11 is 0. The quantitative estimate of drug-likeness (QED) is 0.827. The van der Waals surface area contributed by atoms with Crippen molar-refractivity contribution in [3.8, 4) is 5.75 Å². The smallest absolute Gasteiger partial charge is 0.240 e. The van der Waals surface area contributed by atoms with E-state index in [0.29, 0.717) is 17.7 Å². The van der Waals surface area contributed by atoms with Gasteiger partial charge in [0, 0.05) is 12.1 Å². The van der Waals surface area contributed by atoms with Gasteiger partial charge in [-0.15, -0.1) is 12.4 Å². The Morgan fingerprint density at radius 1 is 1.42 bits per heavy atom. The molecule has 5 nitrogen and oxygen atoms in total. The molecule has 3 N–H and O–H groups in total. The summed E-state index contributed by atoms with van der Waals surface area (Å²) in [6, 6.07) is 5.80. The molecule has 0 atom stereocenters. The summed E-state index contributed by atoms with van der Waals surface area (Å²) in [5.74, 6) is 0.442. The third-order valence-corrected chi connectivity index (χ3v) is 3.67. The molecule has 0 aliphatic carbocycles. The first-order valence-corrected chi connectivity index (χ1v) is 6.66. The zero-order chi connectivity index (χ0) is 13.6. The van der Waals surface area contributed by atoms with E-state index < -0.39 is 10.0 Å². The van der Waals surface area contributed by atoms with Crippen molar-refractivity contribution < 1.29 is 17.5 Å². The molecule has 0 aliphatic heterocycles. The van der Waals surface area contributed by atoms with Gasteiger partial charge >= 0.3 is 0 Å². The van der Waals surface area contributed by atoms with Crippen molar-refractivity contribution in [1.29, 1.82) is 0 Å². The predicted octanol–water partition coefficient (Wildman–Crippen LogP) is 1.21. The second kappa shape index (κ2) is 8.11. The molecule has 0 spiro atoms. The van der Waals surface area contributed by atoms with Gasteiger partial charge in [0.15, 0.2) is 0 Å². The molecule has 0 saturated heterocycles. The van der Waals surface area contributed by atoms with Gasteiger partial charge in [-0.25, -0.2) is 17.5 Å². The summed E-state index contributed by atoms with van der Waals surface area (Å²) in [4.78, 5) is 0.137. The zero-order valence-electron chi connectivity index (χ0n) is 10.3. The molecule has 0 unspecified atom stereocenters. The van der Waals surface area contributed by atoms with Gasteiger partial charge in [-0.1, -0.05) is 0 Å². The maximum absolute atomic E-state index is 12.2. The Bertz CT molecular complexity index is 517. The summed E-state index contributed by atoms with van der Waals surface area (Å²) in [7, 11) is -2.12. The highest BCUT2D eigenvalue weighted by Gasteiger charge is 2.10. The Morgan fingerprint density at radius 3 is 2.42 bits per heavy atom. The standard InChI is InChI=1S/C11H15FN2O3S.ClH/c1-14-18(15,16)11-4-2-10(3-5-11)17-8-9(6-12)7-13;/h2-6,14H,7-8,13H2,1H3;1H. The highest BCUT2D eigenvalue weighted by Crippen LogP contribution is 2.16. The minimum Gasteiger partial charge on any atom is -0.489 e. The van der Waals surface area contributed by atoms with Gasteiger partial charge in [-0.3, -0.25) is 0 Å². The number of hydrogen-bond donors (Lipinski definition) is 2. The summed E-state index contributed by atoms with van der Waals surface area (Å²) in [6.45, 7) is 0.105. The molecule has 8 heteroatoms. The number of ether oxygens (including phenoxy) is 1. The highest BCUT2D eigenvalue weighted by molar-refractivity contribution is 7.89. The van der Waals surface area contributed by atoms with Crippen molar-refractivity contribution in [3.63, 3.8) is 0 Å². The lowest BCUT2D eigenvalue weighted by atomic mass is 10.3. The van der Waals surface area contributed by atoms with Crippen LogP contribution in [0.3, 0.4) is 0 Å². The number of benzene rings is 1. The average molecular weight is 311 g/mol. The fourth-order valence-electron chi connectivity index (χ4n) is 1.14. The van der Waals surface area contributed by atoms with Crippen LogP contribution in [-0.2, 0) is 10.0 Å². The van der Waals surface area contributed by atoms with E-state index in [1.165, 1.54) is 31.3 Å². The molecular weight excluding hydrogens is 295 g/mol. The van der Waals surface area contributed by atoms with Gasteiger partial charge < -0.3 is 10.5 Å². The van der Waals surface area contributed by atoms with Crippen LogP contribution in [0.2, 0.25) is 0 Å². The first-order valence-electron chi connectivity index (χ1n) is 5.18. The molecule has 108 valence electrons. The Hall–Kier alpha value is -1.15. The topological polar surface area (TPSA) is 81.4 Å². The Labute approximate surface area is 118 Å². The third kappa shape index (κ3) is 5.15. The van der Waals surface area contributed by atoms with E-state index in [1.807, 2.05) is 0 Å². The van der Waals surface area contributed by atoms with E-state index in [9.17, 15) is 12.8 Å². The molecule has 0 aromatic heterocycles. The Balaban J connectivity index is 0.00000324. The number of sulfonamides is 1. The number of hydrogen-bond acceptors (Lipinski definition) is 4. The number of nitrogens with two attached hydrogens (primary N) is 1. The molecule has 1 aromatic carbocycles. The van der Waals surface area contributed by atoms with E-state index in [2.05, 4.69) is 4.72 Å². The van der Waals surface area contributed by atoms with Gasteiger partial charge in [0.25, 0.3) is 0 Å². The highest BCUT2D eigenvalue weighted by atomic mass is 35.5. The summed E-state index contributed by atoms with van der Waals surface area (Å²) in [6.07, 6.45) is 0.403. The molecular formula is C11H16ClFN2O3S. The molecule has 1 rings (SSSR count). The molecule has 0 bridgehead atoms. The Kier molecular flexibility index (Phi) is 7.62. The van der Waals surface area contributed by atoms with Crippen LogP contribution in [0.25, 0.3) is 0 Å². The fourth-order valence-corrected chi connectivity index (χ4v) is 1.87. The van der Waals surface area contributed by atoms with Crippen molar-refractivity contribution >= 4 is 22.4 Å². The van der Waals surface area contributed by atoms with Crippen molar-refractivity contribution in [2.45, 2.75) is 4.90 Å². The predicted molar refractivity (Wildman–Crippen MR) is 73.7 cm³/mol. The fraction of sp³-hybridized carbons (Fsp3) is 0.273. The average Bonchev–Trinajstić information content (AvgIpc) is 2.40. The second-order valence-electron chi connectivity index (χ2n) is 3.44. The van der Waals surface area contributed by atoms with E-state index in [1.54, 1.807) is 0 Å². The van der Waals surface area contributed by atoms with Crippen molar-refractivity contribution in [2.75, 3.05) is 20.2 Å². The van der Waals surface area contributed by atoms with Gasteiger partial charge in [-0.2, -0.15) is 0 Å². The molecule has 1 aromatic rings. The normalized spacial score (nSPS) is 11.8. The number of halogens is 2. The van der Waals surface area contributed by atoms with Gasteiger partial charge in [0.2, 0.25) is 10.0 Å². The van der Waals surface area contributed by atoms with Gasteiger partial charge in [-0.05, 0) is 31.3 Å². The van der Waals surface area contributed by atoms with E-state index in [-0.39, 0.29) is 30.5 Å². The lowest BCUT2D eigenvalue weighted by Gasteiger charge is -2.08. The van der Waals surface area contributed by atoms with Crippen molar-refractivity contribution in [2.24, 2.45) is 5.73 Å². The minimum absolute atomic E-state index is 0. The lowest BCUT2D eigenvalue weighted by molar-refractivity contribution is 0.347. The SMILES string of the molecule is CNS(=O)(=O)c1ccc(OCC(=CF)CN)cc1.Cl. The van der Waals surface area contributed by atoms with Crippen LogP contribution in [0.4, 0.5) is 4.39 Å². The number of rotatable bonds is 6.